The highest BCUT2D eigenvalue weighted by molar-refractivity contribution is 5.86. The van der Waals surface area contributed by atoms with Gasteiger partial charge in [-0.25, -0.2) is 0 Å². The Morgan fingerprint density at radius 2 is 1.93 bits per heavy atom. The minimum atomic E-state index is -0.0816. The van der Waals surface area contributed by atoms with Crippen molar-refractivity contribution in [3.63, 3.8) is 0 Å². The molecule has 1 fully saturated rings. The number of benzene rings is 2. The quantitative estimate of drug-likeness (QED) is 0.686. The third-order valence-corrected chi connectivity index (χ3v) is 6.00. The van der Waals surface area contributed by atoms with Gasteiger partial charge < -0.3 is 14.3 Å². The number of hydrogen-bond acceptors (Lipinski definition) is 5. The molecule has 0 spiro atoms. The van der Waals surface area contributed by atoms with Crippen molar-refractivity contribution in [3.8, 4) is 22.6 Å². The van der Waals surface area contributed by atoms with Crippen LogP contribution >= 0.6 is 0 Å². The SMILES string of the molecule is COc1ccc(-c2c(C)oc3c(CN4CCCC[C@@H]4C)c(O)ccc3c2=O)cc1. The monoisotopic (exact) mass is 393 g/mol. The summed E-state index contributed by atoms with van der Waals surface area (Å²) in [4.78, 5) is 15.7. The van der Waals surface area contributed by atoms with Gasteiger partial charge in [0.25, 0.3) is 0 Å². The van der Waals surface area contributed by atoms with Crippen molar-refractivity contribution in [2.75, 3.05) is 13.7 Å². The van der Waals surface area contributed by atoms with E-state index in [4.69, 9.17) is 9.15 Å². The molecule has 0 radical (unpaired) electrons. The largest absolute Gasteiger partial charge is 0.507 e. The molecular weight excluding hydrogens is 366 g/mol. The average Bonchev–Trinajstić information content (AvgIpc) is 2.72. The zero-order valence-electron chi connectivity index (χ0n) is 17.2. The molecule has 29 heavy (non-hydrogen) atoms. The number of ether oxygens (including phenoxy) is 1. The summed E-state index contributed by atoms with van der Waals surface area (Å²) in [5, 5.41) is 11.0. The maximum absolute atomic E-state index is 13.3. The fraction of sp³-hybridized carbons (Fsp3) is 0.375. The predicted octanol–water partition coefficient (Wildman–Crippen LogP) is 4.86. The standard InChI is InChI=1S/C24H27NO4/c1-15-6-4-5-13-25(15)14-20-21(26)12-11-19-23(27)22(16(2)29-24(19)20)17-7-9-18(28-3)10-8-17/h7-12,15,26H,4-6,13-14H2,1-3H3/t15-/m0/s1. The van der Waals surface area contributed by atoms with Gasteiger partial charge in [-0.05, 0) is 63.1 Å². The molecule has 1 saturated heterocycles. The maximum Gasteiger partial charge on any atom is 0.200 e. The van der Waals surface area contributed by atoms with Crippen molar-refractivity contribution < 1.29 is 14.3 Å². The lowest BCUT2D eigenvalue weighted by atomic mass is 9.99. The van der Waals surface area contributed by atoms with Crippen LogP contribution in [0.4, 0.5) is 0 Å². The van der Waals surface area contributed by atoms with Gasteiger partial charge in [0.05, 0.1) is 23.6 Å². The molecule has 1 aliphatic heterocycles. The van der Waals surface area contributed by atoms with E-state index in [1.807, 2.05) is 24.3 Å². The first kappa shape index (κ1) is 19.5. The van der Waals surface area contributed by atoms with Crippen LogP contribution in [0, 0.1) is 6.92 Å². The average molecular weight is 393 g/mol. The van der Waals surface area contributed by atoms with Gasteiger partial charge in [-0.15, -0.1) is 0 Å². The molecule has 2 heterocycles. The first-order valence-electron chi connectivity index (χ1n) is 10.2. The summed E-state index contributed by atoms with van der Waals surface area (Å²) in [7, 11) is 1.61. The molecule has 152 valence electrons. The molecule has 4 rings (SSSR count). The normalized spacial score (nSPS) is 17.6. The van der Waals surface area contributed by atoms with Gasteiger partial charge in [0.2, 0.25) is 5.43 Å². The van der Waals surface area contributed by atoms with Gasteiger partial charge in [-0.1, -0.05) is 18.6 Å². The number of likely N-dealkylation sites (tertiary alicyclic amines) is 1. The van der Waals surface area contributed by atoms with Crippen LogP contribution < -0.4 is 10.2 Å². The number of aryl methyl sites for hydroxylation is 1. The number of nitrogens with zero attached hydrogens (tertiary/aromatic N) is 1. The third-order valence-electron chi connectivity index (χ3n) is 6.00. The molecule has 0 aliphatic carbocycles. The van der Waals surface area contributed by atoms with Crippen molar-refractivity contribution in [2.24, 2.45) is 0 Å². The number of piperidine rings is 1. The van der Waals surface area contributed by atoms with Crippen molar-refractivity contribution in [2.45, 2.75) is 45.7 Å². The van der Waals surface area contributed by atoms with E-state index in [9.17, 15) is 9.90 Å². The molecule has 3 aromatic rings. The molecule has 0 amide bonds. The molecule has 1 N–H and O–H groups in total. The Labute approximate surface area is 170 Å². The second-order valence-corrected chi connectivity index (χ2v) is 7.85. The van der Waals surface area contributed by atoms with Crippen molar-refractivity contribution in [1.82, 2.24) is 4.90 Å². The smallest absolute Gasteiger partial charge is 0.200 e. The molecule has 0 unspecified atom stereocenters. The van der Waals surface area contributed by atoms with E-state index in [2.05, 4.69) is 11.8 Å². The number of rotatable bonds is 4. The number of methoxy groups -OCH3 is 1. The number of phenols is 1. The second-order valence-electron chi connectivity index (χ2n) is 7.85. The first-order chi connectivity index (χ1) is 14.0. The number of hydrogen-bond donors (Lipinski definition) is 1. The van der Waals surface area contributed by atoms with Gasteiger partial charge in [0.1, 0.15) is 22.8 Å². The summed E-state index contributed by atoms with van der Waals surface area (Å²) in [5.74, 6) is 1.46. The fourth-order valence-electron chi connectivity index (χ4n) is 4.25. The summed E-state index contributed by atoms with van der Waals surface area (Å²) in [6, 6.07) is 11.1. The molecule has 1 aromatic heterocycles. The Hall–Kier alpha value is -2.79. The Balaban J connectivity index is 1.83. The van der Waals surface area contributed by atoms with Crippen LogP contribution in [-0.2, 0) is 6.54 Å². The van der Waals surface area contributed by atoms with Crippen molar-refractivity contribution in [3.05, 3.63) is 57.9 Å². The Morgan fingerprint density at radius 1 is 1.17 bits per heavy atom. The van der Waals surface area contributed by atoms with Crippen LogP contribution in [0.25, 0.3) is 22.1 Å². The van der Waals surface area contributed by atoms with E-state index >= 15 is 0 Å². The summed E-state index contributed by atoms with van der Waals surface area (Å²) in [6.07, 6.45) is 3.54. The van der Waals surface area contributed by atoms with Crippen molar-refractivity contribution in [1.29, 1.82) is 0 Å². The Morgan fingerprint density at radius 3 is 2.62 bits per heavy atom. The molecule has 5 heteroatoms. The topological polar surface area (TPSA) is 62.9 Å². The van der Waals surface area contributed by atoms with Gasteiger partial charge in [0, 0.05) is 12.6 Å². The molecular formula is C24H27NO4. The molecule has 1 aliphatic rings. The summed E-state index contributed by atoms with van der Waals surface area (Å²) < 4.78 is 11.4. The van der Waals surface area contributed by atoms with E-state index in [0.29, 0.717) is 40.4 Å². The minimum Gasteiger partial charge on any atom is -0.507 e. The minimum absolute atomic E-state index is 0.0816. The van der Waals surface area contributed by atoms with E-state index in [-0.39, 0.29) is 11.2 Å². The first-order valence-corrected chi connectivity index (χ1v) is 10.2. The van der Waals surface area contributed by atoms with E-state index in [1.165, 1.54) is 6.42 Å². The van der Waals surface area contributed by atoms with E-state index in [1.54, 1.807) is 26.2 Å². The second kappa shape index (κ2) is 7.91. The molecule has 5 nitrogen and oxygen atoms in total. The zero-order valence-corrected chi connectivity index (χ0v) is 17.2. The third kappa shape index (κ3) is 3.62. The molecule has 1 atom stereocenters. The highest BCUT2D eigenvalue weighted by Gasteiger charge is 2.23. The lowest BCUT2D eigenvalue weighted by molar-refractivity contribution is 0.151. The van der Waals surface area contributed by atoms with Crippen LogP contribution in [0.3, 0.4) is 0 Å². The van der Waals surface area contributed by atoms with Gasteiger partial charge >= 0.3 is 0 Å². The van der Waals surface area contributed by atoms with E-state index < -0.39 is 0 Å². The fourth-order valence-corrected chi connectivity index (χ4v) is 4.25. The number of aromatic hydroxyl groups is 1. The predicted molar refractivity (Wildman–Crippen MR) is 115 cm³/mol. The summed E-state index contributed by atoms with van der Waals surface area (Å²) >= 11 is 0. The van der Waals surface area contributed by atoms with Crippen LogP contribution in [0.15, 0.2) is 45.6 Å². The zero-order chi connectivity index (χ0) is 20.5. The lowest BCUT2D eigenvalue weighted by Crippen LogP contribution is -2.36. The van der Waals surface area contributed by atoms with Crippen LogP contribution in [0.2, 0.25) is 0 Å². The molecule has 0 bridgehead atoms. The van der Waals surface area contributed by atoms with Crippen molar-refractivity contribution >= 4 is 11.0 Å². The highest BCUT2D eigenvalue weighted by atomic mass is 16.5. The van der Waals surface area contributed by atoms with E-state index in [0.717, 1.165) is 30.7 Å². The van der Waals surface area contributed by atoms with Crippen LogP contribution in [0.1, 0.15) is 37.5 Å². The maximum atomic E-state index is 13.3. The van der Waals surface area contributed by atoms with Gasteiger partial charge in [-0.2, -0.15) is 0 Å². The lowest BCUT2D eigenvalue weighted by Gasteiger charge is -2.33. The van der Waals surface area contributed by atoms with Crippen LogP contribution in [-0.4, -0.2) is 29.7 Å². The molecule has 2 aromatic carbocycles. The number of phenolic OH excluding ortho intramolecular Hbond substituents is 1. The van der Waals surface area contributed by atoms with Gasteiger partial charge in [0.15, 0.2) is 0 Å². The number of fused-ring (bicyclic) bond motifs is 1. The Bertz CT molecular complexity index is 1080. The highest BCUT2D eigenvalue weighted by Crippen LogP contribution is 2.32. The van der Waals surface area contributed by atoms with Gasteiger partial charge in [-0.3, -0.25) is 9.69 Å². The summed E-state index contributed by atoms with van der Waals surface area (Å²) in [5.41, 5.74) is 2.43. The Kier molecular flexibility index (Phi) is 5.33. The summed E-state index contributed by atoms with van der Waals surface area (Å²) in [6.45, 7) is 5.58. The van der Waals surface area contributed by atoms with Crippen LogP contribution in [0.5, 0.6) is 11.5 Å². The molecule has 0 saturated carbocycles.